The van der Waals surface area contributed by atoms with Crippen LogP contribution < -0.4 is 15.2 Å². The molecule has 0 saturated carbocycles. The van der Waals surface area contributed by atoms with Crippen molar-refractivity contribution in [3.8, 4) is 0 Å². The summed E-state index contributed by atoms with van der Waals surface area (Å²) in [5.41, 5.74) is 3.43. The highest BCUT2D eigenvalue weighted by molar-refractivity contribution is 5.84. The molecule has 0 atom stereocenters. The molecule has 0 aliphatic heterocycles. The van der Waals surface area contributed by atoms with E-state index >= 15 is 0 Å². The second kappa shape index (κ2) is 9.90. The van der Waals surface area contributed by atoms with Gasteiger partial charge in [-0.1, -0.05) is 0 Å². The molecule has 0 saturated heterocycles. The average Bonchev–Trinajstić information content (AvgIpc) is 2.54. The Morgan fingerprint density at radius 2 is 1.65 bits per heavy atom. The minimum atomic E-state index is 0.812. The van der Waals surface area contributed by atoms with Gasteiger partial charge in [0.25, 0.3) is 0 Å². The van der Waals surface area contributed by atoms with E-state index in [0.29, 0.717) is 0 Å². The van der Waals surface area contributed by atoms with Crippen LogP contribution in [0.2, 0.25) is 0 Å². The molecule has 1 aromatic rings. The number of nitrogens with two attached hydrogens (primary N) is 1. The topological polar surface area (TPSA) is 38.7 Å². The van der Waals surface area contributed by atoms with Gasteiger partial charge in [0.15, 0.2) is 0 Å². The van der Waals surface area contributed by atoms with Crippen molar-refractivity contribution < 1.29 is 5.32 Å². The number of hydrogen-bond donors (Lipinski definition) is 1. The minimum Gasteiger partial charge on any atom is -0.372 e. The van der Waals surface area contributed by atoms with Crippen molar-refractivity contribution in [2.24, 2.45) is 5.10 Å². The molecular formula is C18H32N5+. The fraction of sp³-hybridized carbons (Fsp3) is 0.500. The van der Waals surface area contributed by atoms with Crippen LogP contribution in [-0.4, -0.2) is 51.4 Å². The van der Waals surface area contributed by atoms with Crippen molar-refractivity contribution in [2.75, 3.05) is 50.7 Å². The van der Waals surface area contributed by atoms with E-state index in [1.54, 1.807) is 0 Å². The monoisotopic (exact) mass is 318 g/mol. The molecule has 0 aliphatic rings. The molecule has 0 unspecified atom stereocenters. The summed E-state index contributed by atoms with van der Waals surface area (Å²) in [5, 5.41) is 8.62. The van der Waals surface area contributed by atoms with Gasteiger partial charge < -0.3 is 15.1 Å². The maximum Gasteiger partial charge on any atom is 0.108 e. The Morgan fingerprint density at radius 3 is 2.17 bits per heavy atom. The van der Waals surface area contributed by atoms with E-state index in [-0.39, 0.29) is 0 Å². The van der Waals surface area contributed by atoms with Crippen LogP contribution in [0.15, 0.2) is 41.8 Å². The van der Waals surface area contributed by atoms with E-state index in [0.717, 1.165) is 31.0 Å². The van der Waals surface area contributed by atoms with Gasteiger partial charge in [-0.25, -0.2) is 0 Å². The van der Waals surface area contributed by atoms with Crippen molar-refractivity contribution in [3.05, 3.63) is 36.7 Å². The molecule has 128 valence electrons. The summed E-state index contributed by atoms with van der Waals surface area (Å²) in [7, 11) is 6.06. The molecule has 0 amide bonds. The Kier molecular flexibility index (Phi) is 8.19. The van der Waals surface area contributed by atoms with Crippen LogP contribution in [0, 0.1) is 0 Å². The van der Waals surface area contributed by atoms with Crippen molar-refractivity contribution in [1.82, 2.24) is 4.90 Å². The van der Waals surface area contributed by atoms with Gasteiger partial charge in [-0.3, -0.25) is 5.01 Å². The fourth-order valence-corrected chi connectivity index (χ4v) is 2.46. The largest absolute Gasteiger partial charge is 0.372 e. The average molecular weight is 318 g/mol. The third-order valence-corrected chi connectivity index (χ3v) is 3.68. The predicted octanol–water partition coefficient (Wildman–Crippen LogP) is 1.94. The smallest absolute Gasteiger partial charge is 0.108 e. The Bertz CT molecular complexity index is 503. The highest BCUT2D eigenvalue weighted by Crippen LogP contribution is 2.20. The summed E-state index contributed by atoms with van der Waals surface area (Å²) < 4.78 is 0. The molecule has 0 aliphatic carbocycles. The van der Waals surface area contributed by atoms with Crippen LogP contribution in [0.5, 0.6) is 0 Å². The van der Waals surface area contributed by atoms with E-state index in [4.69, 9.17) is 0 Å². The highest BCUT2D eigenvalue weighted by atomic mass is 15.4. The zero-order valence-electron chi connectivity index (χ0n) is 15.5. The van der Waals surface area contributed by atoms with Crippen molar-refractivity contribution in [3.63, 3.8) is 0 Å². The summed E-state index contributed by atoms with van der Waals surface area (Å²) in [5.74, 6) is 0. The van der Waals surface area contributed by atoms with Crippen LogP contribution in [-0.2, 0) is 0 Å². The van der Waals surface area contributed by atoms with Crippen molar-refractivity contribution >= 4 is 17.1 Å². The zero-order chi connectivity index (χ0) is 17.2. The lowest BCUT2D eigenvalue weighted by Crippen LogP contribution is -2.72. The Balaban J connectivity index is 2.71. The number of benzene rings is 1. The SMILES string of the molecule is CCN(CC)c1ccc(N(C)/N=C(\C)CN(C)/C=C\[NH2+]C)cc1. The van der Waals surface area contributed by atoms with Gasteiger partial charge in [-0.2, -0.15) is 5.10 Å². The normalized spacial score (nSPS) is 11.8. The molecule has 5 nitrogen and oxygen atoms in total. The second-order valence-electron chi connectivity index (χ2n) is 5.64. The Hall–Kier alpha value is -2.01. The molecule has 0 bridgehead atoms. The molecule has 0 radical (unpaired) electrons. The molecule has 23 heavy (non-hydrogen) atoms. The summed E-state index contributed by atoms with van der Waals surface area (Å²) in [6.45, 7) is 9.28. The Labute approximate surface area is 141 Å². The number of hydrazone groups is 1. The first-order valence-electron chi connectivity index (χ1n) is 8.31. The molecule has 2 N–H and O–H groups in total. The van der Waals surface area contributed by atoms with Crippen LogP contribution in [0.4, 0.5) is 11.4 Å². The van der Waals surface area contributed by atoms with Crippen LogP contribution >= 0.6 is 0 Å². The van der Waals surface area contributed by atoms with E-state index in [2.05, 4.69) is 73.2 Å². The molecule has 0 spiro atoms. The quantitative estimate of drug-likeness (QED) is 0.559. The highest BCUT2D eigenvalue weighted by Gasteiger charge is 2.04. The van der Waals surface area contributed by atoms with E-state index in [1.807, 2.05) is 30.6 Å². The number of nitrogens with zero attached hydrogens (tertiary/aromatic N) is 4. The van der Waals surface area contributed by atoms with E-state index < -0.39 is 0 Å². The minimum absolute atomic E-state index is 0.812. The molecular weight excluding hydrogens is 286 g/mol. The lowest BCUT2D eigenvalue weighted by Gasteiger charge is -2.22. The Morgan fingerprint density at radius 1 is 1.09 bits per heavy atom. The maximum atomic E-state index is 4.66. The number of rotatable bonds is 9. The third kappa shape index (κ3) is 6.32. The lowest BCUT2D eigenvalue weighted by molar-refractivity contribution is -0.557. The van der Waals surface area contributed by atoms with Crippen LogP contribution in [0.1, 0.15) is 20.8 Å². The zero-order valence-corrected chi connectivity index (χ0v) is 15.5. The van der Waals surface area contributed by atoms with E-state index in [9.17, 15) is 0 Å². The summed E-state index contributed by atoms with van der Waals surface area (Å²) >= 11 is 0. The van der Waals surface area contributed by atoms with Gasteiger partial charge in [0.2, 0.25) is 0 Å². The van der Waals surface area contributed by atoms with Gasteiger partial charge in [0, 0.05) is 32.9 Å². The summed E-state index contributed by atoms with van der Waals surface area (Å²) in [6, 6.07) is 8.57. The first-order chi connectivity index (χ1) is 11.0. The molecule has 1 rings (SSSR count). The first-order valence-corrected chi connectivity index (χ1v) is 8.31. The van der Waals surface area contributed by atoms with Crippen LogP contribution in [0.25, 0.3) is 0 Å². The van der Waals surface area contributed by atoms with Gasteiger partial charge in [-0.05, 0) is 45.0 Å². The second-order valence-corrected chi connectivity index (χ2v) is 5.64. The van der Waals surface area contributed by atoms with Gasteiger partial charge in [0.1, 0.15) is 6.20 Å². The van der Waals surface area contributed by atoms with Crippen LogP contribution in [0.3, 0.4) is 0 Å². The van der Waals surface area contributed by atoms with Gasteiger partial charge in [0.05, 0.1) is 31.2 Å². The summed E-state index contributed by atoms with van der Waals surface area (Å²) in [4.78, 5) is 4.46. The summed E-state index contributed by atoms with van der Waals surface area (Å²) in [6.07, 6.45) is 4.08. The molecule has 0 fully saturated rings. The number of quaternary nitrogens is 1. The molecule has 0 heterocycles. The van der Waals surface area contributed by atoms with E-state index in [1.165, 1.54) is 5.69 Å². The van der Waals surface area contributed by atoms with Gasteiger partial charge in [-0.15, -0.1) is 0 Å². The van der Waals surface area contributed by atoms with Crippen molar-refractivity contribution in [1.29, 1.82) is 0 Å². The maximum absolute atomic E-state index is 4.66. The number of hydrogen-bond acceptors (Lipinski definition) is 4. The number of anilines is 2. The third-order valence-electron chi connectivity index (χ3n) is 3.68. The molecule has 5 heteroatoms. The lowest BCUT2D eigenvalue weighted by atomic mass is 10.2. The standard InChI is InChI=1S/C18H31N5/c1-7-23(8-2)18-11-9-17(10-12-18)22(6)20-16(3)15-21(5)14-13-19-4/h9-14,19H,7-8,15H2,1-6H3/p+1/b14-13-,20-16+. The fourth-order valence-electron chi connectivity index (χ4n) is 2.46. The predicted molar refractivity (Wildman–Crippen MR) is 101 cm³/mol. The van der Waals surface area contributed by atoms with Gasteiger partial charge >= 0.3 is 0 Å². The molecule has 1 aromatic carbocycles. The molecule has 0 aromatic heterocycles. The first kappa shape index (κ1) is 19.0. The van der Waals surface area contributed by atoms with Crippen molar-refractivity contribution in [2.45, 2.75) is 20.8 Å².